The molecule has 2 atom stereocenters. The van der Waals surface area contributed by atoms with Gasteiger partial charge in [0.05, 0.1) is 17.9 Å². The molecule has 2 aromatic rings. The normalized spacial score (nSPS) is 20.2. The van der Waals surface area contributed by atoms with Crippen molar-refractivity contribution in [1.82, 2.24) is 0 Å². The number of nitrogens with one attached hydrogen (secondary N) is 1. The number of nitrogens with zero attached hydrogens (tertiary/aromatic N) is 1. The number of carbonyl (C=O) groups is 1. The van der Waals surface area contributed by atoms with E-state index in [1.54, 1.807) is 31.4 Å². The molecule has 0 unspecified atom stereocenters. The highest BCUT2D eigenvalue weighted by Crippen LogP contribution is 2.26. The summed E-state index contributed by atoms with van der Waals surface area (Å²) in [5.74, 6) is -0.121. The second-order valence-corrected chi connectivity index (χ2v) is 6.48. The van der Waals surface area contributed by atoms with Crippen molar-refractivity contribution in [1.29, 1.82) is 0 Å². The zero-order chi connectivity index (χ0) is 18.7. The number of benzene rings is 1. The Morgan fingerprint density at radius 3 is 2.65 bits per heavy atom. The molecule has 1 aromatic heterocycles. The van der Waals surface area contributed by atoms with Gasteiger partial charge in [0, 0.05) is 25.9 Å². The van der Waals surface area contributed by atoms with Crippen LogP contribution in [-0.4, -0.2) is 38.3 Å². The quantitative estimate of drug-likeness (QED) is 0.883. The third-order valence-electron chi connectivity index (χ3n) is 4.14. The van der Waals surface area contributed by atoms with Gasteiger partial charge in [-0.3, -0.25) is 4.79 Å². The highest BCUT2D eigenvalue weighted by molar-refractivity contribution is 6.02. The van der Waals surface area contributed by atoms with E-state index in [2.05, 4.69) is 5.32 Å². The van der Waals surface area contributed by atoms with E-state index in [1.807, 2.05) is 18.7 Å². The molecule has 1 saturated heterocycles. The Kier molecular flexibility index (Phi) is 5.58. The topological polar surface area (TPSA) is 63.9 Å². The second-order valence-electron chi connectivity index (χ2n) is 6.48. The van der Waals surface area contributed by atoms with Crippen molar-refractivity contribution in [2.24, 2.45) is 0 Å². The number of rotatable bonds is 5. The first kappa shape index (κ1) is 18.4. The number of carbonyl (C=O) groups excluding carboxylic acids is 1. The van der Waals surface area contributed by atoms with Crippen LogP contribution in [0.4, 0.5) is 15.8 Å². The molecule has 0 saturated carbocycles. The molecule has 6 nitrogen and oxygen atoms in total. The molecule has 7 heteroatoms. The van der Waals surface area contributed by atoms with Crippen LogP contribution in [0.3, 0.4) is 0 Å². The maximum absolute atomic E-state index is 14.6. The van der Waals surface area contributed by atoms with Gasteiger partial charge in [0.25, 0.3) is 5.91 Å². The number of anilines is 2. The van der Waals surface area contributed by atoms with Crippen LogP contribution >= 0.6 is 0 Å². The van der Waals surface area contributed by atoms with Crippen LogP contribution < -0.4 is 10.2 Å². The van der Waals surface area contributed by atoms with Gasteiger partial charge < -0.3 is 24.1 Å². The van der Waals surface area contributed by atoms with Crippen LogP contribution in [0.2, 0.25) is 0 Å². The molecule has 1 aromatic carbocycles. The zero-order valence-electron chi connectivity index (χ0n) is 15.1. The molecule has 0 radical (unpaired) electrons. The van der Waals surface area contributed by atoms with E-state index in [0.29, 0.717) is 30.2 Å². The minimum Gasteiger partial charge on any atom is -0.453 e. The molecule has 1 amide bonds. The number of furan rings is 1. The lowest BCUT2D eigenvalue weighted by Crippen LogP contribution is -2.45. The molecular formula is C19H23FN2O4. The fourth-order valence-electron chi connectivity index (χ4n) is 3.13. The predicted molar refractivity (Wildman–Crippen MR) is 96.0 cm³/mol. The number of amides is 1. The Hall–Kier alpha value is -2.38. The highest BCUT2D eigenvalue weighted by atomic mass is 19.1. The van der Waals surface area contributed by atoms with E-state index in [9.17, 15) is 9.18 Å². The number of halogens is 1. The lowest BCUT2D eigenvalue weighted by atomic mass is 10.2. The molecule has 1 aliphatic heterocycles. The number of hydrogen-bond donors (Lipinski definition) is 1. The number of morpholine rings is 1. The molecule has 0 bridgehead atoms. The molecule has 26 heavy (non-hydrogen) atoms. The van der Waals surface area contributed by atoms with Crippen molar-refractivity contribution < 1.29 is 23.1 Å². The maximum Gasteiger partial charge on any atom is 0.291 e. The molecule has 3 rings (SSSR count). The Labute approximate surface area is 151 Å². The minimum atomic E-state index is -0.437. The third kappa shape index (κ3) is 4.23. The van der Waals surface area contributed by atoms with E-state index in [4.69, 9.17) is 13.9 Å². The van der Waals surface area contributed by atoms with Gasteiger partial charge in [0.2, 0.25) is 0 Å². The first-order valence-electron chi connectivity index (χ1n) is 8.55. The van der Waals surface area contributed by atoms with E-state index < -0.39 is 5.91 Å². The first-order valence-corrected chi connectivity index (χ1v) is 8.55. The van der Waals surface area contributed by atoms with Gasteiger partial charge in [-0.15, -0.1) is 0 Å². The zero-order valence-corrected chi connectivity index (χ0v) is 15.1. The van der Waals surface area contributed by atoms with Gasteiger partial charge >= 0.3 is 0 Å². The van der Waals surface area contributed by atoms with Crippen LogP contribution in [0.15, 0.2) is 34.7 Å². The molecule has 140 valence electrons. The number of methoxy groups -OCH3 is 1. The van der Waals surface area contributed by atoms with Crippen LogP contribution in [0, 0.1) is 5.82 Å². The standard InChI is InChI=1S/C19H23FN2O4/c1-12-9-22(10-13(2)25-12)17-6-4-14(8-16(17)20)21-19(23)18-7-5-15(26-18)11-24-3/h4-8,12-13H,9-11H2,1-3H3,(H,21,23)/t12-,13+. The van der Waals surface area contributed by atoms with Gasteiger partial charge in [-0.25, -0.2) is 4.39 Å². The summed E-state index contributed by atoms with van der Waals surface area (Å²) < 4.78 is 30.6. The predicted octanol–water partition coefficient (Wildman–Crippen LogP) is 3.43. The van der Waals surface area contributed by atoms with E-state index in [0.717, 1.165) is 0 Å². The largest absolute Gasteiger partial charge is 0.453 e. The van der Waals surface area contributed by atoms with Crippen molar-refractivity contribution in [2.45, 2.75) is 32.7 Å². The summed E-state index contributed by atoms with van der Waals surface area (Å²) in [5, 5.41) is 2.65. The smallest absolute Gasteiger partial charge is 0.291 e. The Balaban J connectivity index is 1.69. The summed E-state index contributed by atoms with van der Waals surface area (Å²) in [5.41, 5.74) is 0.876. The van der Waals surface area contributed by atoms with Gasteiger partial charge in [-0.05, 0) is 44.2 Å². The van der Waals surface area contributed by atoms with Gasteiger partial charge in [0.15, 0.2) is 5.76 Å². The van der Waals surface area contributed by atoms with Crippen LogP contribution in [-0.2, 0) is 16.1 Å². The fourth-order valence-corrected chi connectivity index (χ4v) is 3.13. The van der Waals surface area contributed by atoms with E-state index in [1.165, 1.54) is 6.07 Å². The third-order valence-corrected chi connectivity index (χ3v) is 4.14. The van der Waals surface area contributed by atoms with Crippen molar-refractivity contribution in [2.75, 3.05) is 30.4 Å². The maximum atomic E-state index is 14.6. The summed E-state index contributed by atoms with van der Waals surface area (Å²) in [4.78, 5) is 14.2. The average molecular weight is 362 g/mol. The van der Waals surface area contributed by atoms with Crippen molar-refractivity contribution in [3.63, 3.8) is 0 Å². The fraction of sp³-hybridized carbons (Fsp3) is 0.421. The van der Waals surface area contributed by atoms with Crippen LogP contribution in [0.5, 0.6) is 0 Å². The Morgan fingerprint density at radius 1 is 1.27 bits per heavy atom. The monoisotopic (exact) mass is 362 g/mol. The number of hydrogen-bond acceptors (Lipinski definition) is 5. The Bertz CT molecular complexity index is 767. The molecule has 0 spiro atoms. The summed E-state index contributed by atoms with van der Waals surface area (Å²) in [6, 6.07) is 7.90. The molecule has 2 heterocycles. The van der Waals surface area contributed by atoms with E-state index in [-0.39, 0.29) is 30.4 Å². The van der Waals surface area contributed by atoms with Crippen molar-refractivity contribution in [3.8, 4) is 0 Å². The summed E-state index contributed by atoms with van der Waals surface area (Å²) in [7, 11) is 1.54. The minimum absolute atomic E-state index is 0.0396. The van der Waals surface area contributed by atoms with E-state index >= 15 is 0 Å². The number of ether oxygens (including phenoxy) is 2. The van der Waals surface area contributed by atoms with Gasteiger partial charge in [0.1, 0.15) is 18.2 Å². The molecule has 1 N–H and O–H groups in total. The molecular weight excluding hydrogens is 339 g/mol. The summed E-state index contributed by atoms with van der Waals surface area (Å²) in [6.45, 7) is 5.48. The average Bonchev–Trinajstić information content (AvgIpc) is 3.03. The summed E-state index contributed by atoms with van der Waals surface area (Å²) in [6.07, 6.45) is 0.0792. The summed E-state index contributed by atoms with van der Waals surface area (Å²) >= 11 is 0. The van der Waals surface area contributed by atoms with Gasteiger partial charge in [-0.2, -0.15) is 0 Å². The lowest BCUT2D eigenvalue weighted by molar-refractivity contribution is -0.00539. The highest BCUT2D eigenvalue weighted by Gasteiger charge is 2.24. The molecule has 1 fully saturated rings. The SMILES string of the molecule is COCc1ccc(C(=O)Nc2ccc(N3C[C@@H](C)O[C@@H](C)C3)c(F)c2)o1. The Morgan fingerprint density at radius 2 is 2.00 bits per heavy atom. The first-order chi connectivity index (χ1) is 12.5. The molecule has 0 aliphatic carbocycles. The lowest BCUT2D eigenvalue weighted by Gasteiger charge is -2.37. The van der Waals surface area contributed by atoms with Gasteiger partial charge in [-0.1, -0.05) is 0 Å². The second kappa shape index (κ2) is 7.88. The molecule has 1 aliphatic rings. The van der Waals surface area contributed by atoms with Crippen molar-refractivity contribution in [3.05, 3.63) is 47.7 Å². The van der Waals surface area contributed by atoms with Crippen LogP contribution in [0.1, 0.15) is 30.2 Å². The van der Waals surface area contributed by atoms with Crippen LogP contribution in [0.25, 0.3) is 0 Å². The van der Waals surface area contributed by atoms with Crippen molar-refractivity contribution >= 4 is 17.3 Å².